The Morgan fingerprint density at radius 1 is 1.06 bits per heavy atom. The summed E-state index contributed by atoms with van der Waals surface area (Å²) in [7, 11) is 0. The Labute approximate surface area is 194 Å². The van der Waals surface area contributed by atoms with Gasteiger partial charge < -0.3 is 10.6 Å². The van der Waals surface area contributed by atoms with Gasteiger partial charge in [-0.2, -0.15) is 0 Å². The van der Waals surface area contributed by atoms with Crippen LogP contribution in [-0.4, -0.2) is 11.7 Å². The molecule has 32 heavy (non-hydrogen) atoms. The predicted octanol–water partition coefficient (Wildman–Crippen LogP) is 6.20. The molecule has 2 aromatic rings. The number of nitrogens with one attached hydrogen (secondary N) is 2. The van der Waals surface area contributed by atoms with Gasteiger partial charge in [-0.1, -0.05) is 55.3 Å². The molecule has 0 spiro atoms. The normalized spacial score (nSPS) is 20.1. The van der Waals surface area contributed by atoms with Gasteiger partial charge in [0.15, 0.2) is 5.78 Å². The van der Waals surface area contributed by atoms with Crippen molar-refractivity contribution in [1.29, 1.82) is 0 Å². The molecule has 5 heteroatoms. The zero-order valence-electron chi connectivity index (χ0n) is 19.2. The second-order valence-corrected chi connectivity index (χ2v) is 10.2. The maximum Gasteiger partial charge on any atom is 0.254 e. The van der Waals surface area contributed by atoms with Crippen molar-refractivity contribution in [2.45, 2.75) is 53.4 Å². The summed E-state index contributed by atoms with van der Waals surface area (Å²) in [5.41, 5.74) is 6.64. The van der Waals surface area contributed by atoms with Gasteiger partial charge in [0.1, 0.15) is 0 Å². The zero-order chi connectivity index (χ0) is 23.2. The molecule has 1 atom stereocenters. The number of ketones is 1. The third kappa shape index (κ3) is 4.24. The Morgan fingerprint density at radius 2 is 1.75 bits per heavy atom. The van der Waals surface area contributed by atoms with Crippen molar-refractivity contribution in [3.05, 3.63) is 86.7 Å². The standard InChI is InChI=1S/C27H29ClN2O2/c1-15-6-11-20(16(2)12-15)30-26(32)23-17(3)29-21-13-27(4,5)14-22(31)25(21)24(23)18-7-9-19(28)10-8-18/h6-12,24,29H,13-14H2,1-5H3,(H,30,32)/t24-/m0/s1. The highest BCUT2D eigenvalue weighted by Crippen LogP contribution is 2.46. The summed E-state index contributed by atoms with van der Waals surface area (Å²) in [4.78, 5) is 26.9. The van der Waals surface area contributed by atoms with Gasteiger partial charge in [0, 0.05) is 45.6 Å². The smallest absolute Gasteiger partial charge is 0.254 e. The van der Waals surface area contributed by atoms with E-state index in [9.17, 15) is 9.59 Å². The molecule has 166 valence electrons. The van der Waals surface area contributed by atoms with Crippen LogP contribution in [0.1, 0.15) is 56.2 Å². The SMILES string of the molecule is CC1=C(C(=O)Nc2ccc(C)cc2C)[C@H](c2ccc(Cl)cc2)C2=C(CC(C)(C)CC2=O)N1. The van der Waals surface area contributed by atoms with Crippen molar-refractivity contribution < 1.29 is 9.59 Å². The van der Waals surface area contributed by atoms with Gasteiger partial charge >= 0.3 is 0 Å². The van der Waals surface area contributed by atoms with Crippen LogP contribution in [0.2, 0.25) is 5.02 Å². The molecule has 1 amide bonds. The quantitative estimate of drug-likeness (QED) is 0.587. The fraction of sp³-hybridized carbons (Fsp3) is 0.333. The number of carbonyl (C=O) groups is 2. The number of carbonyl (C=O) groups excluding carboxylic acids is 2. The first-order valence-corrected chi connectivity index (χ1v) is 11.3. The van der Waals surface area contributed by atoms with Crippen molar-refractivity contribution in [1.82, 2.24) is 5.32 Å². The van der Waals surface area contributed by atoms with E-state index < -0.39 is 5.92 Å². The summed E-state index contributed by atoms with van der Waals surface area (Å²) in [6.07, 6.45) is 1.23. The Kier molecular flexibility index (Phi) is 5.76. The molecule has 2 aliphatic rings. The minimum atomic E-state index is -0.433. The first-order valence-electron chi connectivity index (χ1n) is 10.9. The van der Waals surface area contributed by atoms with E-state index in [-0.39, 0.29) is 17.1 Å². The molecule has 0 unspecified atom stereocenters. The second-order valence-electron chi connectivity index (χ2n) is 9.75. The molecule has 4 rings (SSSR count). The van der Waals surface area contributed by atoms with Crippen molar-refractivity contribution >= 4 is 29.0 Å². The molecule has 0 fully saturated rings. The van der Waals surface area contributed by atoms with Crippen molar-refractivity contribution in [3.8, 4) is 0 Å². The van der Waals surface area contributed by atoms with Crippen molar-refractivity contribution in [2.24, 2.45) is 5.41 Å². The maximum absolute atomic E-state index is 13.6. The van der Waals surface area contributed by atoms with Crippen LogP contribution in [0.15, 0.2) is 65.0 Å². The summed E-state index contributed by atoms with van der Waals surface area (Å²) in [6.45, 7) is 10.1. The van der Waals surface area contributed by atoms with Crippen LogP contribution in [0.4, 0.5) is 5.69 Å². The topological polar surface area (TPSA) is 58.2 Å². The molecule has 4 nitrogen and oxygen atoms in total. The highest BCUT2D eigenvalue weighted by molar-refractivity contribution is 6.30. The van der Waals surface area contributed by atoms with E-state index in [2.05, 4.69) is 24.5 Å². The molecule has 0 bridgehead atoms. The number of halogens is 1. The Hall–Kier alpha value is -2.85. The summed E-state index contributed by atoms with van der Waals surface area (Å²) in [6, 6.07) is 13.4. The summed E-state index contributed by atoms with van der Waals surface area (Å²) in [5.74, 6) is -0.544. The van der Waals surface area contributed by atoms with Gasteiger partial charge in [0.05, 0.1) is 0 Å². The number of hydrogen-bond acceptors (Lipinski definition) is 3. The number of dihydropyridines is 1. The van der Waals surface area contributed by atoms with E-state index in [4.69, 9.17) is 11.6 Å². The van der Waals surface area contributed by atoms with Gasteiger partial charge in [-0.3, -0.25) is 9.59 Å². The number of hydrogen-bond donors (Lipinski definition) is 2. The predicted molar refractivity (Wildman–Crippen MR) is 130 cm³/mol. The van der Waals surface area contributed by atoms with E-state index in [1.165, 1.54) is 0 Å². The van der Waals surface area contributed by atoms with E-state index >= 15 is 0 Å². The first kappa shape index (κ1) is 22.3. The third-order valence-corrected chi connectivity index (χ3v) is 6.57. The van der Waals surface area contributed by atoms with Gasteiger partial charge in [-0.25, -0.2) is 0 Å². The highest BCUT2D eigenvalue weighted by Gasteiger charge is 2.42. The minimum absolute atomic E-state index is 0.0908. The number of aryl methyl sites for hydroxylation is 2. The number of anilines is 1. The molecule has 0 saturated carbocycles. The summed E-state index contributed by atoms with van der Waals surface area (Å²) < 4.78 is 0. The molecule has 0 radical (unpaired) electrons. The average Bonchev–Trinajstić information content (AvgIpc) is 2.68. The van der Waals surface area contributed by atoms with Crippen LogP contribution in [0.5, 0.6) is 0 Å². The largest absolute Gasteiger partial charge is 0.362 e. The van der Waals surface area contributed by atoms with Crippen molar-refractivity contribution in [2.75, 3.05) is 5.32 Å². The zero-order valence-corrected chi connectivity index (χ0v) is 20.0. The molecular formula is C27H29ClN2O2. The van der Waals surface area contributed by atoms with Gasteiger partial charge in [0.25, 0.3) is 5.91 Å². The number of Topliss-reactive ketones (excluding diaryl/α,β-unsaturated/α-hetero) is 1. The number of benzene rings is 2. The lowest BCUT2D eigenvalue weighted by atomic mass is 9.68. The molecule has 2 aromatic carbocycles. The molecule has 1 aliphatic carbocycles. The molecule has 1 heterocycles. The fourth-order valence-electron chi connectivity index (χ4n) is 4.87. The van der Waals surface area contributed by atoms with Gasteiger partial charge in [-0.05, 0) is 61.9 Å². The van der Waals surface area contributed by atoms with Crippen LogP contribution >= 0.6 is 11.6 Å². The number of allylic oxidation sites excluding steroid dienone is 3. The van der Waals surface area contributed by atoms with Crippen LogP contribution in [0.3, 0.4) is 0 Å². The van der Waals surface area contributed by atoms with E-state index in [0.717, 1.165) is 40.2 Å². The molecule has 0 aromatic heterocycles. The Balaban J connectivity index is 1.80. The average molecular weight is 449 g/mol. The second kappa shape index (κ2) is 8.25. The fourth-order valence-corrected chi connectivity index (χ4v) is 5.00. The van der Waals surface area contributed by atoms with Crippen LogP contribution in [0, 0.1) is 19.3 Å². The van der Waals surface area contributed by atoms with Crippen LogP contribution in [-0.2, 0) is 9.59 Å². The third-order valence-electron chi connectivity index (χ3n) is 6.32. The summed E-state index contributed by atoms with van der Waals surface area (Å²) >= 11 is 6.14. The van der Waals surface area contributed by atoms with Gasteiger partial charge in [-0.15, -0.1) is 0 Å². The van der Waals surface area contributed by atoms with Crippen LogP contribution < -0.4 is 10.6 Å². The van der Waals surface area contributed by atoms with E-state index in [1.807, 2.05) is 63.2 Å². The highest BCUT2D eigenvalue weighted by atomic mass is 35.5. The molecule has 0 saturated heterocycles. The molecule has 1 aliphatic heterocycles. The first-order chi connectivity index (χ1) is 15.1. The van der Waals surface area contributed by atoms with E-state index in [0.29, 0.717) is 22.6 Å². The lowest BCUT2D eigenvalue weighted by Gasteiger charge is -2.39. The monoisotopic (exact) mass is 448 g/mol. The Morgan fingerprint density at radius 3 is 2.41 bits per heavy atom. The molecule has 2 N–H and O–H groups in total. The maximum atomic E-state index is 13.6. The van der Waals surface area contributed by atoms with E-state index in [1.54, 1.807) is 0 Å². The minimum Gasteiger partial charge on any atom is -0.362 e. The summed E-state index contributed by atoms with van der Waals surface area (Å²) in [5, 5.41) is 7.11. The van der Waals surface area contributed by atoms with Crippen molar-refractivity contribution in [3.63, 3.8) is 0 Å². The number of amides is 1. The molecular weight excluding hydrogens is 420 g/mol. The van der Waals surface area contributed by atoms with Gasteiger partial charge in [0.2, 0.25) is 0 Å². The Bertz CT molecular complexity index is 1170. The number of rotatable bonds is 3. The lowest BCUT2D eigenvalue weighted by Crippen LogP contribution is -2.39. The lowest BCUT2D eigenvalue weighted by molar-refractivity contribution is -0.118. The van der Waals surface area contributed by atoms with Crippen LogP contribution in [0.25, 0.3) is 0 Å².